The Bertz CT molecular complexity index is 914. The SMILES string of the molecule is O=c1nc(Cl)c2sc(C3CC3)nc2n1-c1ccccc1Cl. The molecule has 3 aromatic rings. The Hall–Kier alpha value is -1.43. The zero-order chi connectivity index (χ0) is 14.6. The van der Waals surface area contributed by atoms with E-state index in [9.17, 15) is 4.79 Å². The van der Waals surface area contributed by atoms with Crippen LogP contribution in [0.25, 0.3) is 16.0 Å². The molecule has 4 nitrogen and oxygen atoms in total. The molecule has 0 bridgehead atoms. The molecule has 0 atom stereocenters. The van der Waals surface area contributed by atoms with Gasteiger partial charge in [-0.3, -0.25) is 0 Å². The lowest BCUT2D eigenvalue weighted by Gasteiger charge is -2.08. The number of hydrogen-bond acceptors (Lipinski definition) is 4. The zero-order valence-corrected chi connectivity index (χ0v) is 13.0. The number of hydrogen-bond donors (Lipinski definition) is 0. The number of rotatable bonds is 2. The summed E-state index contributed by atoms with van der Waals surface area (Å²) in [5, 5.41) is 1.70. The van der Waals surface area contributed by atoms with E-state index in [0.717, 1.165) is 22.5 Å². The summed E-state index contributed by atoms with van der Waals surface area (Å²) in [6, 6.07) is 7.14. The van der Waals surface area contributed by atoms with E-state index < -0.39 is 5.69 Å². The predicted octanol–water partition coefficient (Wildman–Crippen LogP) is 4.03. The van der Waals surface area contributed by atoms with Crippen LogP contribution in [0.4, 0.5) is 0 Å². The molecule has 1 saturated carbocycles. The number of nitrogens with zero attached hydrogens (tertiary/aromatic N) is 3. The van der Waals surface area contributed by atoms with E-state index in [1.807, 2.05) is 12.1 Å². The summed E-state index contributed by atoms with van der Waals surface area (Å²) in [5.74, 6) is 0.494. The van der Waals surface area contributed by atoms with Crippen LogP contribution in [0, 0.1) is 0 Å². The smallest absolute Gasteiger partial charge is 0.245 e. The first-order valence-electron chi connectivity index (χ1n) is 6.49. The number of aromatic nitrogens is 3. The molecule has 21 heavy (non-hydrogen) atoms. The number of halogens is 2. The lowest BCUT2D eigenvalue weighted by atomic mass is 10.3. The minimum atomic E-state index is -0.465. The minimum Gasteiger partial charge on any atom is -0.245 e. The average Bonchev–Trinajstić information content (AvgIpc) is 3.20. The first-order valence-corrected chi connectivity index (χ1v) is 8.06. The van der Waals surface area contributed by atoms with Gasteiger partial charge in [0.15, 0.2) is 10.8 Å². The molecule has 0 saturated heterocycles. The number of para-hydroxylation sites is 1. The summed E-state index contributed by atoms with van der Waals surface area (Å²) < 4.78 is 2.17. The van der Waals surface area contributed by atoms with Gasteiger partial charge in [-0.2, -0.15) is 4.98 Å². The van der Waals surface area contributed by atoms with Crippen LogP contribution in [-0.4, -0.2) is 14.5 Å². The van der Waals surface area contributed by atoms with Crippen molar-refractivity contribution in [3.05, 3.63) is 49.9 Å². The molecule has 4 rings (SSSR count). The first kappa shape index (κ1) is 13.2. The second-order valence-electron chi connectivity index (χ2n) is 4.95. The fraction of sp³-hybridized carbons (Fsp3) is 0.214. The van der Waals surface area contributed by atoms with Gasteiger partial charge in [-0.15, -0.1) is 11.3 Å². The lowest BCUT2D eigenvalue weighted by molar-refractivity contribution is 0.939. The van der Waals surface area contributed by atoms with Crippen LogP contribution in [0.3, 0.4) is 0 Å². The van der Waals surface area contributed by atoms with Crippen molar-refractivity contribution in [3.8, 4) is 5.69 Å². The van der Waals surface area contributed by atoms with E-state index in [1.54, 1.807) is 12.1 Å². The van der Waals surface area contributed by atoms with Gasteiger partial charge >= 0.3 is 5.69 Å². The van der Waals surface area contributed by atoms with Crippen LogP contribution in [0.5, 0.6) is 0 Å². The summed E-state index contributed by atoms with van der Waals surface area (Å²) in [6.07, 6.45) is 2.28. The average molecular weight is 338 g/mol. The van der Waals surface area contributed by atoms with E-state index in [-0.39, 0.29) is 5.15 Å². The second kappa shape index (κ2) is 4.80. The van der Waals surface area contributed by atoms with Crippen LogP contribution >= 0.6 is 34.5 Å². The van der Waals surface area contributed by atoms with Gasteiger partial charge in [0.05, 0.1) is 15.7 Å². The van der Waals surface area contributed by atoms with E-state index in [1.165, 1.54) is 15.9 Å². The molecule has 1 aromatic carbocycles. The third-order valence-electron chi connectivity index (χ3n) is 3.43. The molecular formula is C14H9Cl2N3OS. The summed E-state index contributed by atoms with van der Waals surface area (Å²) in [4.78, 5) is 20.8. The largest absolute Gasteiger partial charge is 0.355 e. The van der Waals surface area contributed by atoms with Crippen molar-refractivity contribution >= 4 is 44.9 Å². The van der Waals surface area contributed by atoms with Crippen molar-refractivity contribution in [2.24, 2.45) is 0 Å². The van der Waals surface area contributed by atoms with Crippen LogP contribution < -0.4 is 5.69 Å². The normalized spacial score (nSPS) is 14.8. The number of fused-ring (bicyclic) bond motifs is 1. The summed E-state index contributed by atoms with van der Waals surface area (Å²) in [6.45, 7) is 0. The molecule has 7 heteroatoms. The maximum Gasteiger partial charge on any atom is 0.355 e. The minimum absolute atomic E-state index is 0.211. The molecule has 0 N–H and O–H groups in total. The molecule has 106 valence electrons. The van der Waals surface area contributed by atoms with E-state index in [4.69, 9.17) is 23.2 Å². The number of thiazole rings is 1. The molecule has 2 aromatic heterocycles. The maximum absolute atomic E-state index is 12.3. The molecule has 1 aliphatic rings. The van der Waals surface area contributed by atoms with Crippen molar-refractivity contribution in [3.63, 3.8) is 0 Å². The predicted molar refractivity (Wildman–Crippen MR) is 85.0 cm³/mol. The second-order valence-corrected chi connectivity index (χ2v) is 6.75. The van der Waals surface area contributed by atoms with Gasteiger partial charge in [-0.25, -0.2) is 14.3 Å². The third kappa shape index (κ3) is 2.16. The Morgan fingerprint density at radius 1 is 1.19 bits per heavy atom. The van der Waals surface area contributed by atoms with E-state index in [0.29, 0.717) is 22.3 Å². The van der Waals surface area contributed by atoms with Crippen molar-refractivity contribution < 1.29 is 0 Å². The van der Waals surface area contributed by atoms with Crippen LogP contribution in [0.2, 0.25) is 10.2 Å². The van der Waals surface area contributed by atoms with E-state index in [2.05, 4.69) is 9.97 Å². The van der Waals surface area contributed by atoms with Gasteiger partial charge in [-0.1, -0.05) is 35.3 Å². The zero-order valence-electron chi connectivity index (χ0n) is 10.7. The van der Waals surface area contributed by atoms with Crippen molar-refractivity contribution in [1.82, 2.24) is 14.5 Å². The van der Waals surface area contributed by atoms with Gasteiger partial charge in [0.1, 0.15) is 4.70 Å². The molecule has 0 amide bonds. The topological polar surface area (TPSA) is 47.8 Å². The highest BCUT2D eigenvalue weighted by Gasteiger charge is 2.29. The molecule has 0 spiro atoms. The fourth-order valence-corrected chi connectivity index (χ4v) is 3.84. The molecule has 1 fully saturated rings. The molecule has 2 heterocycles. The molecule has 0 aliphatic heterocycles. The first-order chi connectivity index (χ1) is 10.1. The van der Waals surface area contributed by atoms with E-state index >= 15 is 0 Å². The highest BCUT2D eigenvalue weighted by molar-refractivity contribution is 7.19. The Morgan fingerprint density at radius 2 is 1.95 bits per heavy atom. The van der Waals surface area contributed by atoms with Crippen molar-refractivity contribution in [1.29, 1.82) is 0 Å². The van der Waals surface area contributed by atoms with Gasteiger partial charge in [-0.05, 0) is 25.0 Å². The maximum atomic E-state index is 12.3. The summed E-state index contributed by atoms with van der Waals surface area (Å²) in [5.41, 5.74) is 0.652. The van der Waals surface area contributed by atoms with Crippen molar-refractivity contribution in [2.75, 3.05) is 0 Å². The van der Waals surface area contributed by atoms with Crippen LogP contribution in [0.1, 0.15) is 23.8 Å². The lowest BCUT2D eigenvalue weighted by Crippen LogP contribution is -2.22. The Morgan fingerprint density at radius 3 is 2.67 bits per heavy atom. The third-order valence-corrected chi connectivity index (χ3v) is 5.35. The molecule has 0 unspecified atom stereocenters. The van der Waals surface area contributed by atoms with Crippen molar-refractivity contribution in [2.45, 2.75) is 18.8 Å². The highest BCUT2D eigenvalue weighted by Crippen LogP contribution is 2.44. The molecule has 0 radical (unpaired) electrons. The highest BCUT2D eigenvalue weighted by atomic mass is 35.5. The fourth-order valence-electron chi connectivity index (χ4n) is 2.24. The molecule has 1 aliphatic carbocycles. The van der Waals surface area contributed by atoms with Crippen LogP contribution in [0.15, 0.2) is 29.1 Å². The standard InChI is InChI=1S/C14H9Cl2N3OS/c15-8-3-1-2-4-9(8)19-12-10(11(16)17-14(19)20)21-13(18-12)7-5-6-7/h1-4,7H,5-6H2. The Labute approximate surface area is 134 Å². The van der Waals surface area contributed by atoms with Crippen LogP contribution in [-0.2, 0) is 0 Å². The van der Waals surface area contributed by atoms with Gasteiger partial charge < -0.3 is 0 Å². The monoisotopic (exact) mass is 337 g/mol. The summed E-state index contributed by atoms with van der Waals surface area (Å²) >= 11 is 13.8. The van der Waals surface area contributed by atoms with Gasteiger partial charge in [0, 0.05) is 5.92 Å². The number of benzene rings is 1. The Balaban J connectivity index is 2.08. The van der Waals surface area contributed by atoms with Gasteiger partial charge in [0.2, 0.25) is 0 Å². The molecular weight excluding hydrogens is 329 g/mol. The quantitative estimate of drug-likeness (QED) is 0.663. The van der Waals surface area contributed by atoms with Gasteiger partial charge in [0.25, 0.3) is 0 Å². The summed E-state index contributed by atoms with van der Waals surface area (Å²) in [7, 11) is 0. The Kier molecular flexibility index (Phi) is 3.03.